The summed E-state index contributed by atoms with van der Waals surface area (Å²) >= 11 is 0. The molecule has 0 fully saturated rings. The minimum atomic E-state index is 1.27. The van der Waals surface area contributed by atoms with E-state index >= 15 is 0 Å². The Balaban J connectivity index is 2.61. The summed E-state index contributed by atoms with van der Waals surface area (Å²) in [7, 11) is 4.18. The van der Waals surface area contributed by atoms with Crippen LogP contribution in [-0.4, -0.2) is 14.1 Å². The molecule has 0 saturated carbocycles. The molecule has 0 bridgehead atoms. The van der Waals surface area contributed by atoms with E-state index in [1.807, 2.05) is 0 Å². The van der Waals surface area contributed by atoms with Gasteiger partial charge in [-0.2, -0.15) is 0 Å². The van der Waals surface area contributed by atoms with Crippen LogP contribution in [0.4, 0.5) is 5.69 Å². The molecule has 0 aliphatic rings. The molecule has 0 aliphatic heterocycles. The zero-order valence-electron chi connectivity index (χ0n) is 10.1. The van der Waals surface area contributed by atoms with Crippen molar-refractivity contribution in [3.63, 3.8) is 0 Å². The number of anilines is 1. The monoisotopic (exact) mass is 211 g/mol. The van der Waals surface area contributed by atoms with Crippen molar-refractivity contribution in [1.82, 2.24) is 0 Å². The molecule has 82 valence electrons. The number of hydrogen-bond acceptors (Lipinski definition) is 1. The molecule has 0 atom stereocenters. The van der Waals surface area contributed by atoms with Gasteiger partial charge < -0.3 is 4.90 Å². The van der Waals surface area contributed by atoms with Gasteiger partial charge in [0.15, 0.2) is 0 Å². The maximum Gasteiger partial charge on any atom is 0.0470 e. The summed E-state index contributed by atoms with van der Waals surface area (Å²) in [6.07, 6.45) is 0. The Morgan fingerprint density at radius 3 is 2.12 bits per heavy atom. The second kappa shape index (κ2) is 4.40. The quantitative estimate of drug-likeness (QED) is 0.731. The van der Waals surface area contributed by atoms with Crippen molar-refractivity contribution in [3.05, 3.63) is 54.1 Å². The van der Waals surface area contributed by atoms with Gasteiger partial charge in [-0.15, -0.1) is 0 Å². The third-order valence-electron chi connectivity index (χ3n) is 2.77. The fourth-order valence-corrected chi connectivity index (χ4v) is 2.10. The van der Waals surface area contributed by atoms with Crippen molar-refractivity contribution in [2.75, 3.05) is 19.0 Å². The standard InChI is InChI=1S/C15H17N/c1-12-8-7-11-14(15(12)16(2)3)13-9-5-4-6-10-13/h4-11H,1-3H3. The van der Waals surface area contributed by atoms with Gasteiger partial charge in [0.25, 0.3) is 0 Å². The van der Waals surface area contributed by atoms with Gasteiger partial charge in [-0.25, -0.2) is 0 Å². The van der Waals surface area contributed by atoms with Crippen LogP contribution in [0.15, 0.2) is 48.5 Å². The Bertz CT molecular complexity index is 472. The molecule has 2 aromatic carbocycles. The predicted molar refractivity (Wildman–Crippen MR) is 70.9 cm³/mol. The lowest BCUT2D eigenvalue weighted by Gasteiger charge is -2.20. The van der Waals surface area contributed by atoms with Gasteiger partial charge in [-0.3, -0.25) is 0 Å². The lowest BCUT2D eigenvalue weighted by Crippen LogP contribution is -2.11. The Morgan fingerprint density at radius 2 is 1.50 bits per heavy atom. The zero-order valence-corrected chi connectivity index (χ0v) is 10.1. The lowest BCUT2D eigenvalue weighted by atomic mass is 10.00. The molecule has 1 nitrogen and oxygen atoms in total. The molecule has 0 unspecified atom stereocenters. The topological polar surface area (TPSA) is 3.24 Å². The zero-order chi connectivity index (χ0) is 11.5. The van der Waals surface area contributed by atoms with Crippen molar-refractivity contribution >= 4 is 5.69 Å². The van der Waals surface area contributed by atoms with Crippen molar-refractivity contribution in [1.29, 1.82) is 0 Å². The molecule has 0 aromatic heterocycles. The highest BCUT2D eigenvalue weighted by Gasteiger charge is 2.08. The highest BCUT2D eigenvalue weighted by atomic mass is 15.1. The van der Waals surface area contributed by atoms with Crippen molar-refractivity contribution < 1.29 is 0 Å². The maximum absolute atomic E-state index is 2.18. The number of aryl methyl sites for hydroxylation is 1. The first-order valence-electron chi connectivity index (χ1n) is 5.52. The van der Waals surface area contributed by atoms with Crippen LogP contribution in [0.2, 0.25) is 0 Å². The summed E-state index contributed by atoms with van der Waals surface area (Å²) in [6, 6.07) is 17.0. The fourth-order valence-electron chi connectivity index (χ4n) is 2.10. The van der Waals surface area contributed by atoms with E-state index in [1.165, 1.54) is 22.4 Å². The van der Waals surface area contributed by atoms with Gasteiger partial charge in [0.2, 0.25) is 0 Å². The van der Waals surface area contributed by atoms with Gasteiger partial charge in [0, 0.05) is 25.3 Å². The number of nitrogens with zero attached hydrogens (tertiary/aromatic N) is 1. The molecule has 2 rings (SSSR count). The molecular formula is C15H17N. The molecule has 0 radical (unpaired) electrons. The highest BCUT2D eigenvalue weighted by molar-refractivity contribution is 5.80. The van der Waals surface area contributed by atoms with Crippen LogP contribution in [0.25, 0.3) is 11.1 Å². The number of rotatable bonds is 2. The highest BCUT2D eigenvalue weighted by Crippen LogP contribution is 2.32. The normalized spacial score (nSPS) is 10.2. The average molecular weight is 211 g/mol. The van der Waals surface area contributed by atoms with Gasteiger partial charge >= 0.3 is 0 Å². The SMILES string of the molecule is Cc1cccc(-c2ccccc2)c1N(C)C. The summed E-state index contributed by atoms with van der Waals surface area (Å²) in [6.45, 7) is 2.15. The minimum Gasteiger partial charge on any atom is -0.377 e. The third-order valence-corrected chi connectivity index (χ3v) is 2.77. The average Bonchev–Trinajstić information content (AvgIpc) is 2.29. The number of benzene rings is 2. The van der Waals surface area contributed by atoms with Crippen molar-refractivity contribution in [2.45, 2.75) is 6.92 Å². The molecule has 1 heteroatoms. The van der Waals surface area contributed by atoms with Crippen LogP contribution in [0.1, 0.15) is 5.56 Å². The van der Waals surface area contributed by atoms with Crippen LogP contribution in [-0.2, 0) is 0 Å². The summed E-state index contributed by atoms with van der Waals surface area (Å²) in [5.41, 5.74) is 5.18. The first kappa shape index (κ1) is 10.7. The smallest absolute Gasteiger partial charge is 0.0470 e. The Morgan fingerprint density at radius 1 is 0.812 bits per heavy atom. The van der Waals surface area contributed by atoms with E-state index in [2.05, 4.69) is 74.4 Å². The Hall–Kier alpha value is -1.76. The fraction of sp³-hybridized carbons (Fsp3) is 0.200. The number of para-hydroxylation sites is 1. The van der Waals surface area contributed by atoms with Gasteiger partial charge in [0.05, 0.1) is 0 Å². The summed E-state index contributed by atoms with van der Waals surface area (Å²) in [5.74, 6) is 0. The van der Waals surface area contributed by atoms with E-state index in [-0.39, 0.29) is 0 Å². The molecule has 0 spiro atoms. The van der Waals surface area contributed by atoms with Crippen LogP contribution >= 0.6 is 0 Å². The molecule has 0 saturated heterocycles. The maximum atomic E-state index is 2.18. The van der Waals surface area contributed by atoms with E-state index in [9.17, 15) is 0 Å². The van der Waals surface area contributed by atoms with Crippen LogP contribution in [0.3, 0.4) is 0 Å². The molecule has 2 aromatic rings. The van der Waals surface area contributed by atoms with E-state index in [0.29, 0.717) is 0 Å². The van der Waals surface area contributed by atoms with Crippen LogP contribution in [0.5, 0.6) is 0 Å². The molecule has 0 N–H and O–H groups in total. The third kappa shape index (κ3) is 1.94. The first-order chi connectivity index (χ1) is 7.70. The Labute approximate surface area is 97.3 Å². The first-order valence-corrected chi connectivity index (χ1v) is 5.52. The van der Waals surface area contributed by atoms with Crippen molar-refractivity contribution in [3.8, 4) is 11.1 Å². The van der Waals surface area contributed by atoms with E-state index in [4.69, 9.17) is 0 Å². The van der Waals surface area contributed by atoms with Crippen molar-refractivity contribution in [2.24, 2.45) is 0 Å². The molecule has 0 heterocycles. The second-order valence-corrected chi connectivity index (χ2v) is 4.23. The summed E-state index contributed by atoms with van der Waals surface area (Å²) in [5, 5.41) is 0. The van der Waals surface area contributed by atoms with Gasteiger partial charge in [0.1, 0.15) is 0 Å². The van der Waals surface area contributed by atoms with Crippen LogP contribution < -0.4 is 4.90 Å². The van der Waals surface area contributed by atoms with Crippen LogP contribution in [0, 0.1) is 6.92 Å². The van der Waals surface area contributed by atoms with E-state index < -0.39 is 0 Å². The lowest BCUT2D eigenvalue weighted by molar-refractivity contribution is 1.12. The molecule has 16 heavy (non-hydrogen) atoms. The summed E-state index contributed by atoms with van der Waals surface area (Å²) < 4.78 is 0. The molecular weight excluding hydrogens is 194 g/mol. The van der Waals surface area contributed by atoms with E-state index in [0.717, 1.165) is 0 Å². The largest absolute Gasteiger partial charge is 0.377 e. The Kier molecular flexibility index (Phi) is 2.95. The second-order valence-electron chi connectivity index (χ2n) is 4.23. The molecule has 0 amide bonds. The minimum absolute atomic E-state index is 1.27. The van der Waals surface area contributed by atoms with Gasteiger partial charge in [-0.1, -0.05) is 48.5 Å². The summed E-state index contributed by atoms with van der Waals surface area (Å²) in [4.78, 5) is 2.18. The van der Waals surface area contributed by atoms with E-state index in [1.54, 1.807) is 0 Å². The van der Waals surface area contributed by atoms with Gasteiger partial charge in [-0.05, 0) is 18.1 Å². The molecule has 0 aliphatic carbocycles. The number of hydrogen-bond donors (Lipinski definition) is 0. The predicted octanol–water partition coefficient (Wildman–Crippen LogP) is 3.73.